The van der Waals surface area contributed by atoms with Gasteiger partial charge in [0, 0.05) is 4.47 Å². The van der Waals surface area contributed by atoms with Crippen LogP contribution in [0.3, 0.4) is 0 Å². The van der Waals surface area contributed by atoms with Gasteiger partial charge in [0.2, 0.25) is 5.78 Å². The van der Waals surface area contributed by atoms with Crippen molar-refractivity contribution in [1.29, 1.82) is 0 Å². The molecule has 0 radical (unpaired) electrons. The van der Waals surface area contributed by atoms with Crippen molar-refractivity contribution in [2.45, 2.75) is 13.8 Å². The molecule has 2 aromatic rings. The number of benzene rings is 1. The minimum Gasteiger partial charge on any atom is -0.496 e. The van der Waals surface area contributed by atoms with Gasteiger partial charge in [-0.3, -0.25) is 4.79 Å². The van der Waals surface area contributed by atoms with Gasteiger partial charge in [-0.15, -0.1) is 0 Å². The van der Waals surface area contributed by atoms with Crippen LogP contribution in [0.25, 0.3) is 0 Å². The van der Waals surface area contributed by atoms with Gasteiger partial charge in [-0.2, -0.15) is 0 Å². The first-order valence-electron chi connectivity index (χ1n) is 6.03. The maximum atomic E-state index is 12.7. The lowest BCUT2D eigenvalue weighted by molar-refractivity contribution is 0.0686. The second-order valence-electron chi connectivity index (χ2n) is 4.47. The van der Waals surface area contributed by atoms with Crippen molar-refractivity contribution >= 4 is 27.7 Å². The zero-order valence-corrected chi connectivity index (χ0v) is 13.2. The van der Waals surface area contributed by atoms with E-state index in [1.54, 1.807) is 6.92 Å². The first-order valence-corrected chi connectivity index (χ1v) is 6.82. The van der Waals surface area contributed by atoms with Crippen LogP contribution < -0.4 is 4.74 Å². The van der Waals surface area contributed by atoms with Gasteiger partial charge in [0.05, 0.1) is 19.0 Å². The maximum absolute atomic E-state index is 12.7. The summed E-state index contributed by atoms with van der Waals surface area (Å²) in [6.45, 7) is 3.56. The minimum absolute atomic E-state index is 0.138. The van der Waals surface area contributed by atoms with Gasteiger partial charge in [-0.25, -0.2) is 9.78 Å². The lowest BCUT2D eigenvalue weighted by atomic mass is 9.97. The van der Waals surface area contributed by atoms with E-state index in [-0.39, 0.29) is 11.4 Å². The highest BCUT2D eigenvalue weighted by Crippen LogP contribution is 2.33. The number of carbonyl (C=O) groups is 2. The molecule has 1 aromatic heterocycles. The summed E-state index contributed by atoms with van der Waals surface area (Å²) in [5, 5.41) is 9.09. The average Bonchev–Trinajstić information content (AvgIpc) is 2.91. The number of carbonyl (C=O) groups excluding carboxylic acids is 1. The van der Waals surface area contributed by atoms with Crippen LogP contribution in [0.4, 0.5) is 0 Å². The van der Waals surface area contributed by atoms with E-state index in [4.69, 9.17) is 9.84 Å². The fourth-order valence-corrected chi connectivity index (χ4v) is 2.68. The molecule has 0 amide bonds. The second kappa shape index (κ2) is 5.69. The van der Waals surface area contributed by atoms with Gasteiger partial charge >= 0.3 is 5.97 Å². The molecular formula is C14H13BrN2O4. The Kier molecular flexibility index (Phi) is 4.13. The molecule has 7 heteroatoms. The first-order chi connectivity index (χ1) is 9.88. The zero-order chi connectivity index (χ0) is 15.7. The topological polar surface area (TPSA) is 92.3 Å². The highest BCUT2D eigenvalue weighted by molar-refractivity contribution is 9.10. The zero-order valence-electron chi connectivity index (χ0n) is 11.7. The molecule has 0 spiro atoms. The van der Waals surface area contributed by atoms with Crippen LogP contribution in [0.2, 0.25) is 0 Å². The highest BCUT2D eigenvalue weighted by atomic mass is 79.9. The number of imidazole rings is 1. The summed E-state index contributed by atoms with van der Waals surface area (Å²) >= 11 is 3.39. The molecule has 0 aliphatic heterocycles. The molecule has 2 N–H and O–H groups in total. The average molecular weight is 353 g/mol. The Balaban J connectivity index is 2.69. The van der Waals surface area contributed by atoms with E-state index in [0.717, 1.165) is 10.0 Å². The summed E-state index contributed by atoms with van der Waals surface area (Å²) in [7, 11) is 1.47. The Hall–Kier alpha value is -2.15. The Morgan fingerprint density at radius 1 is 1.38 bits per heavy atom. The summed E-state index contributed by atoms with van der Waals surface area (Å²) in [6, 6.07) is 1.84. The minimum atomic E-state index is -1.24. The molecule has 0 saturated carbocycles. The number of nitrogens with one attached hydrogen (secondary N) is 1. The summed E-state index contributed by atoms with van der Waals surface area (Å²) in [6.07, 6.45) is 1.18. The summed E-state index contributed by atoms with van der Waals surface area (Å²) < 4.78 is 6.05. The third-order valence-electron chi connectivity index (χ3n) is 3.16. The van der Waals surface area contributed by atoms with Gasteiger partial charge in [0.25, 0.3) is 0 Å². The second-order valence-corrected chi connectivity index (χ2v) is 5.32. The van der Waals surface area contributed by atoms with Crippen LogP contribution in [-0.2, 0) is 0 Å². The molecule has 0 aliphatic carbocycles. The van der Waals surface area contributed by atoms with Crippen molar-refractivity contribution < 1.29 is 19.4 Å². The van der Waals surface area contributed by atoms with E-state index in [2.05, 4.69) is 25.9 Å². The predicted molar refractivity (Wildman–Crippen MR) is 79.1 cm³/mol. The van der Waals surface area contributed by atoms with E-state index in [0.29, 0.717) is 16.9 Å². The molecule has 0 aliphatic rings. The van der Waals surface area contributed by atoms with Crippen molar-refractivity contribution in [2.24, 2.45) is 0 Å². The number of H-pyrrole nitrogens is 1. The number of carboxylic acids is 1. The number of aromatic carboxylic acids is 1. The fraction of sp³-hybridized carbons (Fsp3) is 0.214. The SMILES string of the molecule is COc1c(C)cc(Br)c(C)c1C(=O)c1nc[nH]c1C(=O)O. The molecule has 0 saturated heterocycles. The van der Waals surface area contributed by atoms with E-state index in [1.165, 1.54) is 13.4 Å². The number of halogens is 1. The number of hydrogen-bond acceptors (Lipinski definition) is 4. The first kappa shape index (κ1) is 15.2. The number of ether oxygens (including phenoxy) is 1. The molecule has 0 bridgehead atoms. The van der Waals surface area contributed by atoms with Crippen LogP contribution >= 0.6 is 15.9 Å². The van der Waals surface area contributed by atoms with Crippen LogP contribution in [0.1, 0.15) is 37.7 Å². The Bertz CT molecular complexity index is 737. The molecule has 1 heterocycles. The largest absolute Gasteiger partial charge is 0.496 e. The van der Waals surface area contributed by atoms with Crippen molar-refractivity contribution in [3.8, 4) is 5.75 Å². The Morgan fingerprint density at radius 2 is 2.05 bits per heavy atom. The molecule has 110 valence electrons. The number of hydrogen-bond donors (Lipinski definition) is 2. The van der Waals surface area contributed by atoms with Crippen molar-refractivity contribution in [3.63, 3.8) is 0 Å². The predicted octanol–water partition coefficient (Wildman–Crippen LogP) is 2.73. The molecule has 21 heavy (non-hydrogen) atoms. The number of ketones is 1. The smallest absolute Gasteiger partial charge is 0.354 e. The number of methoxy groups -OCH3 is 1. The lowest BCUT2D eigenvalue weighted by Crippen LogP contribution is -2.13. The van der Waals surface area contributed by atoms with Gasteiger partial charge < -0.3 is 14.8 Å². The van der Waals surface area contributed by atoms with Gasteiger partial charge in [0.1, 0.15) is 11.4 Å². The van der Waals surface area contributed by atoms with Crippen molar-refractivity contribution in [3.05, 3.63) is 44.9 Å². The van der Waals surface area contributed by atoms with Crippen LogP contribution in [-0.4, -0.2) is 33.9 Å². The fourth-order valence-electron chi connectivity index (χ4n) is 2.14. The van der Waals surface area contributed by atoms with E-state index in [9.17, 15) is 9.59 Å². The number of rotatable bonds is 4. The van der Waals surface area contributed by atoms with Crippen LogP contribution in [0.15, 0.2) is 16.9 Å². The van der Waals surface area contributed by atoms with Crippen molar-refractivity contribution in [2.75, 3.05) is 7.11 Å². The number of aryl methyl sites for hydroxylation is 1. The molecule has 2 rings (SSSR count). The normalized spacial score (nSPS) is 10.5. The molecular weight excluding hydrogens is 340 g/mol. The molecule has 0 unspecified atom stereocenters. The third kappa shape index (κ3) is 2.56. The van der Waals surface area contributed by atoms with Gasteiger partial charge in [-0.05, 0) is 31.0 Å². The lowest BCUT2D eigenvalue weighted by Gasteiger charge is -2.14. The van der Waals surface area contributed by atoms with E-state index >= 15 is 0 Å². The summed E-state index contributed by atoms with van der Waals surface area (Å²) in [5.74, 6) is -1.31. The Morgan fingerprint density at radius 3 is 2.62 bits per heavy atom. The Labute approximate surface area is 129 Å². The van der Waals surface area contributed by atoms with Gasteiger partial charge in [-0.1, -0.05) is 15.9 Å². The van der Waals surface area contributed by atoms with Crippen LogP contribution in [0, 0.1) is 13.8 Å². The summed E-state index contributed by atoms with van der Waals surface area (Å²) in [4.78, 5) is 30.1. The maximum Gasteiger partial charge on any atom is 0.354 e. The molecule has 0 fully saturated rings. The molecule has 0 atom stereocenters. The van der Waals surface area contributed by atoms with Crippen molar-refractivity contribution in [1.82, 2.24) is 9.97 Å². The van der Waals surface area contributed by atoms with Crippen LogP contribution in [0.5, 0.6) is 5.75 Å². The molecule has 1 aromatic carbocycles. The van der Waals surface area contributed by atoms with E-state index < -0.39 is 11.8 Å². The molecule has 6 nitrogen and oxygen atoms in total. The monoisotopic (exact) mass is 352 g/mol. The quantitative estimate of drug-likeness (QED) is 0.825. The van der Waals surface area contributed by atoms with E-state index in [1.807, 2.05) is 13.0 Å². The summed E-state index contributed by atoms with van der Waals surface area (Å²) in [5.41, 5.74) is 1.37. The third-order valence-corrected chi connectivity index (χ3v) is 3.98. The number of nitrogens with zero attached hydrogens (tertiary/aromatic N) is 1. The highest BCUT2D eigenvalue weighted by Gasteiger charge is 2.26. The number of carboxylic acid groups (broad SMARTS) is 1. The number of aromatic amines is 1. The standard InChI is InChI=1S/C14H13BrN2O4/c1-6-4-8(15)7(2)9(13(6)21-3)12(18)10-11(14(19)20)17-5-16-10/h4-5H,1-3H3,(H,16,17)(H,19,20). The number of aromatic nitrogens is 2. The van der Waals surface area contributed by atoms with Gasteiger partial charge in [0.15, 0.2) is 5.69 Å².